The van der Waals surface area contributed by atoms with Crippen molar-refractivity contribution in [2.45, 2.75) is 51.4 Å². The third-order valence-corrected chi connectivity index (χ3v) is 9.80. The van der Waals surface area contributed by atoms with Gasteiger partial charge in [-0.15, -0.1) is 0 Å². The molecule has 0 unspecified atom stereocenters. The normalized spacial score (nSPS) is 23.9. The Morgan fingerprint density at radius 2 is 2.00 bits per heavy atom. The molecule has 0 aromatic carbocycles. The monoisotopic (exact) mass is 408 g/mol. The fourth-order valence-corrected chi connectivity index (χ4v) is 8.17. The molecule has 1 fully saturated rings. The summed E-state index contributed by atoms with van der Waals surface area (Å²) in [5.74, 6) is 1.01. The summed E-state index contributed by atoms with van der Waals surface area (Å²) in [6.45, 7) is 0. The van der Waals surface area contributed by atoms with E-state index in [2.05, 4.69) is 30.4 Å². The minimum atomic E-state index is -0.649. The third-order valence-electron chi connectivity index (χ3n) is 4.34. The molecule has 0 nitrogen and oxygen atoms in total. The van der Waals surface area contributed by atoms with Gasteiger partial charge in [-0.05, 0) is 0 Å². The van der Waals surface area contributed by atoms with Gasteiger partial charge in [0.05, 0.1) is 0 Å². The van der Waals surface area contributed by atoms with Gasteiger partial charge in [0.2, 0.25) is 0 Å². The van der Waals surface area contributed by atoms with E-state index in [1.807, 2.05) is 3.33 Å². The van der Waals surface area contributed by atoms with Crippen molar-refractivity contribution in [3.05, 3.63) is 42.6 Å². The largest absolute Gasteiger partial charge is 1.00 e. The second kappa shape index (κ2) is 6.32. The molecule has 0 aromatic heterocycles. The zero-order chi connectivity index (χ0) is 12.2. The second-order valence-corrected chi connectivity index (χ2v) is 11.1. The molecule has 3 aliphatic carbocycles. The molecule has 3 rings (SSSR count). The van der Waals surface area contributed by atoms with Crippen LogP contribution in [-0.2, 0) is 22.9 Å². The summed E-state index contributed by atoms with van der Waals surface area (Å²) in [5.41, 5.74) is 1.76. The van der Waals surface area contributed by atoms with Crippen LogP contribution in [0.1, 0.15) is 54.2 Å². The molecule has 0 spiro atoms. The molecule has 98 valence electrons. The minimum absolute atomic E-state index is 0. The van der Waals surface area contributed by atoms with Gasteiger partial charge in [-0.1, -0.05) is 0 Å². The van der Waals surface area contributed by atoms with Gasteiger partial charge in [-0.25, -0.2) is 0 Å². The Kier molecular flexibility index (Phi) is 4.51. The first-order valence-corrected chi connectivity index (χ1v) is 11.0. The van der Waals surface area contributed by atoms with E-state index in [4.69, 9.17) is 0 Å². The molecule has 3 aliphatic rings. The Hall–Kier alpha value is -0.170. The molecular weight excluding hydrogens is 383 g/mol. The average Bonchev–Trinajstić information content (AvgIpc) is 3.04. The van der Waals surface area contributed by atoms with Crippen molar-refractivity contribution in [3.8, 4) is 0 Å². The van der Waals surface area contributed by atoms with E-state index < -0.39 is 22.9 Å². The quantitative estimate of drug-likeness (QED) is 0.554. The standard InChI is InChI=1S/C12H17.C5H5.Hf.2H/c1-2-6-11(7-3-1)10-12-8-4-5-9-12;1-2-4-5-3-1;;;/h4,8,11H,1-3,5-7,10H2;1-3H,4H2;;;/q;;;2*-1. The maximum atomic E-state index is 2.46. The van der Waals surface area contributed by atoms with Gasteiger partial charge in [-0.3, -0.25) is 0 Å². The van der Waals surface area contributed by atoms with Gasteiger partial charge in [0, 0.05) is 0 Å². The maximum Gasteiger partial charge on any atom is -1.00 e. The maximum absolute atomic E-state index is 2.46. The van der Waals surface area contributed by atoms with Gasteiger partial charge >= 0.3 is 123 Å². The van der Waals surface area contributed by atoms with Crippen LogP contribution in [-0.4, -0.2) is 0 Å². The summed E-state index contributed by atoms with van der Waals surface area (Å²) in [6, 6.07) is 0. The van der Waals surface area contributed by atoms with Crippen LogP contribution in [0.5, 0.6) is 0 Å². The molecular formula is C17H24Hf-2. The van der Waals surface area contributed by atoms with E-state index in [1.165, 1.54) is 51.4 Å². The zero-order valence-electron chi connectivity index (χ0n) is 13.1. The number of rotatable bonds is 4. The first kappa shape index (κ1) is 12.8. The van der Waals surface area contributed by atoms with E-state index in [0.29, 0.717) is 0 Å². The fourth-order valence-electron chi connectivity index (χ4n) is 3.31. The predicted octanol–water partition coefficient (Wildman–Crippen LogP) is 5.32. The smallest absolute Gasteiger partial charge is 1.00 e. The van der Waals surface area contributed by atoms with Crippen molar-refractivity contribution >= 4 is 0 Å². The van der Waals surface area contributed by atoms with Gasteiger partial charge in [0.15, 0.2) is 0 Å². The van der Waals surface area contributed by atoms with Crippen LogP contribution in [0.15, 0.2) is 42.6 Å². The molecule has 18 heavy (non-hydrogen) atoms. The molecule has 0 amide bonds. The summed E-state index contributed by atoms with van der Waals surface area (Å²) in [7, 11) is 0. The van der Waals surface area contributed by atoms with E-state index in [1.54, 1.807) is 8.90 Å². The Morgan fingerprint density at radius 3 is 2.78 bits per heavy atom. The molecule has 0 saturated heterocycles. The van der Waals surface area contributed by atoms with Gasteiger partial charge in [0.25, 0.3) is 0 Å². The number of hydrogen-bond acceptors (Lipinski definition) is 0. The van der Waals surface area contributed by atoms with Crippen molar-refractivity contribution in [2.24, 2.45) is 5.92 Å². The summed E-state index contributed by atoms with van der Waals surface area (Å²) in [6.07, 6.45) is 23.2. The molecule has 0 aromatic rings. The second-order valence-electron chi connectivity index (χ2n) is 5.77. The average molecular weight is 407 g/mol. The van der Waals surface area contributed by atoms with Crippen LogP contribution in [0.2, 0.25) is 0 Å². The molecule has 0 radical (unpaired) electrons. The molecule has 0 N–H and O–H groups in total. The van der Waals surface area contributed by atoms with Gasteiger partial charge < -0.3 is 2.85 Å². The first-order chi connectivity index (χ1) is 8.92. The number of allylic oxidation sites excluding steroid dienone is 8. The van der Waals surface area contributed by atoms with Crippen LogP contribution in [0, 0.1) is 5.92 Å². The van der Waals surface area contributed by atoms with Gasteiger partial charge in [-0.2, -0.15) is 0 Å². The topological polar surface area (TPSA) is 0 Å². The van der Waals surface area contributed by atoms with E-state index in [9.17, 15) is 0 Å². The summed E-state index contributed by atoms with van der Waals surface area (Å²) < 4.78 is 3.70. The van der Waals surface area contributed by atoms with Crippen molar-refractivity contribution in [1.29, 1.82) is 0 Å². The Labute approximate surface area is 125 Å². The molecule has 0 heterocycles. The predicted molar refractivity (Wildman–Crippen MR) is 76.0 cm³/mol. The Morgan fingerprint density at radius 1 is 1.11 bits per heavy atom. The van der Waals surface area contributed by atoms with Crippen molar-refractivity contribution < 1.29 is 25.8 Å². The van der Waals surface area contributed by atoms with Crippen molar-refractivity contribution in [2.75, 3.05) is 0 Å². The van der Waals surface area contributed by atoms with Crippen molar-refractivity contribution in [3.63, 3.8) is 0 Å². The van der Waals surface area contributed by atoms with Crippen LogP contribution in [0.4, 0.5) is 0 Å². The van der Waals surface area contributed by atoms with E-state index in [0.717, 1.165) is 5.92 Å². The number of hydrogen-bond donors (Lipinski definition) is 0. The molecule has 0 bridgehead atoms. The van der Waals surface area contributed by atoms with Crippen LogP contribution in [0.3, 0.4) is 0 Å². The van der Waals surface area contributed by atoms with Gasteiger partial charge in [0.1, 0.15) is 0 Å². The Balaban J connectivity index is 0.000001000. The molecule has 0 aliphatic heterocycles. The zero-order valence-corrected chi connectivity index (χ0v) is 14.7. The molecule has 1 heteroatoms. The fraction of sp³-hybridized carbons (Fsp3) is 0.529. The van der Waals surface area contributed by atoms with Crippen LogP contribution in [0.25, 0.3) is 0 Å². The van der Waals surface area contributed by atoms with E-state index >= 15 is 0 Å². The SMILES string of the molecule is C1=CC[C]([Hf][C]2=C(CC3CCCCC3)C=CC2)=C1.[H-].[H-]. The van der Waals surface area contributed by atoms with Crippen molar-refractivity contribution in [1.82, 2.24) is 0 Å². The minimum Gasteiger partial charge on any atom is -1.00 e. The van der Waals surface area contributed by atoms with E-state index in [-0.39, 0.29) is 2.85 Å². The first-order valence-electron chi connectivity index (χ1n) is 7.43. The summed E-state index contributed by atoms with van der Waals surface area (Å²) in [4.78, 5) is 0. The van der Waals surface area contributed by atoms with Crippen LogP contribution >= 0.6 is 0 Å². The third kappa shape index (κ3) is 3.23. The van der Waals surface area contributed by atoms with Crippen LogP contribution < -0.4 is 0 Å². The summed E-state index contributed by atoms with van der Waals surface area (Å²) in [5, 5.41) is 0. The molecule has 1 saturated carbocycles. The summed E-state index contributed by atoms with van der Waals surface area (Å²) >= 11 is -0.649. The molecule has 0 atom stereocenters. The Bertz CT molecular complexity index is 426.